The Balaban J connectivity index is 1.59. The second-order valence-corrected chi connectivity index (χ2v) is 5.24. The SMILES string of the molecule is OCc1ncoc1C1CN(c2ncnc3nc(C(F)F)[nH]c23)C1. The van der Waals surface area contributed by atoms with E-state index in [4.69, 9.17) is 4.42 Å². The second kappa shape index (κ2) is 5.23. The molecule has 4 heterocycles. The first-order valence-corrected chi connectivity index (χ1v) is 6.94. The molecule has 120 valence electrons. The molecule has 0 saturated carbocycles. The number of aliphatic hydroxyl groups excluding tert-OH is 1. The lowest BCUT2D eigenvalue weighted by Crippen LogP contribution is -2.45. The van der Waals surface area contributed by atoms with E-state index in [9.17, 15) is 13.9 Å². The molecule has 0 atom stereocenters. The normalized spacial score (nSPS) is 15.6. The number of oxazole rings is 1. The highest BCUT2D eigenvalue weighted by atomic mass is 19.3. The highest BCUT2D eigenvalue weighted by Gasteiger charge is 2.35. The average molecular weight is 322 g/mol. The number of nitrogens with one attached hydrogen (secondary N) is 1. The van der Waals surface area contributed by atoms with Gasteiger partial charge in [0.15, 0.2) is 23.7 Å². The number of aromatic nitrogens is 5. The number of anilines is 1. The number of hydrogen-bond acceptors (Lipinski definition) is 7. The molecule has 3 aromatic heterocycles. The van der Waals surface area contributed by atoms with Crippen LogP contribution < -0.4 is 4.90 Å². The number of nitrogens with zero attached hydrogens (tertiary/aromatic N) is 5. The van der Waals surface area contributed by atoms with E-state index in [1.807, 2.05) is 4.90 Å². The Kier molecular flexibility index (Phi) is 3.18. The maximum Gasteiger partial charge on any atom is 0.295 e. The highest BCUT2D eigenvalue weighted by Crippen LogP contribution is 2.34. The summed E-state index contributed by atoms with van der Waals surface area (Å²) in [4.78, 5) is 20.3. The Morgan fingerprint density at radius 2 is 2.17 bits per heavy atom. The summed E-state index contributed by atoms with van der Waals surface area (Å²) in [5.41, 5.74) is 1.12. The largest absolute Gasteiger partial charge is 0.448 e. The van der Waals surface area contributed by atoms with Gasteiger partial charge in [-0.3, -0.25) is 0 Å². The molecule has 1 aliphatic heterocycles. The molecule has 0 spiro atoms. The lowest BCUT2D eigenvalue weighted by atomic mass is 9.96. The van der Waals surface area contributed by atoms with Crippen LogP contribution in [0.25, 0.3) is 11.2 Å². The smallest absolute Gasteiger partial charge is 0.295 e. The molecular formula is C13H12F2N6O2. The zero-order valence-corrected chi connectivity index (χ0v) is 11.8. The molecule has 0 aliphatic carbocycles. The van der Waals surface area contributed by atoms with Crippen LogP contribution in [-0.2, 0) is 6.61 Å². The molecule has 0 aromatic carbocycles. The average Bonchev–Trinajstić information content (AvgIpc) is 3.12. The fourth-order valence-electron chi connectivity index (χ4n) is 2.72. The van der Waals surface area contributed by atoms with Gasteiger partial charge in [-0.1, -0.05) is 0 Å². The van der Waals surface area contributed by atoms with Gasteiger partial charge in [-0.25, -0.2) is 28.7 Å². The minimum Gasteiger partial charge on any atom is -0.448 e. The van der Waals surface area contributed by atoms with Gasteiger partial charge >= 0.3 is 0 Å². The summed E-state index contributed by atoms with van der Waals surface area (Å²) in [5, 5.41) is 9.21. The van der Waals surface area contributed by atoms with Crippen molar-refractivity contribution in [1.82, 2.24) is 24.9 Å². The first kappa shape index (κ1) is 14.0. The molecule has 3 aromatic rings. The van der Waals surface area contributed by atoms with Gasteiger partial charge in [-0.15, -0.1) is 0 Å². The molecule has 0 bridgehead atoms. The van der Waals surface area contributed by atoms with Crippen molar-refractivity contribution in [2.75, 3.05) is 18.0 Å². The molecule has 1 aliphatic rings. The van der Waals surface area contributed by atoms with Crippen molar-refractivity contribution in [3.8, 4) is 0 Å². The Hall–Kier alpha value is -2.62. The summed E-state index contributed by atoms with van der Waals surface area (Å²) in [7, 11) is 0. The second-order valence-electron chi connectivity index (χ2n) is 5.24. The van der Waals surface area contributed by atoms with Crippen LogP contribution in [0, 0.1) is 0 Å². The standard InChI is InChI=1S/C13H12F2N6O2/c14-10(15)12-19-8-11(20-12)16-4-17-13(8)21-1-6(2-21)9-7(3-22)18-5-23-9/h4-6,10,22H,1-3H2,(H,16,17,19,20). The predicted octanol–water partition coefficient (Wildman–Crippen LogP) is 1.37. The summed E-state index contributed by atoms with van der Waals surface area (Å²) < 4.78 is 30.9. The van der Waals surface area contributed by atoms with Crippen molar-refractivity contribution < 1.29 is 18.3 Å². The fraction of sp³-hybridized carbons (Fsp3) is 0.385. The van der Waals surface area contributed by atoms with E-state index in [0.717, 1.165) is 0 Å². The predicted molar refractivity (Wildman–Crippen MR) is 74.0 cm³/mol. The van der Waals surface area contributed by atoms with Gasteiger partial charge < -0.3 is 19.4 Å². The van der Waals surface area contributed by atoms with Crippen LogP contribution >= 0.6 is 0 Å². The number of H-pyrrole nitrogens is 1. The van der Waals surface area contributed by atoms with Crippen molar-refractivity contribution in [3.05, 3.63) is 30.0 Å². The molecular weight excluding hydrogens is 310 g/mol. The van der Waals surface area contributed by atoms with Gasteiger partial charge in [0.25, 0.3) is 6.43 Å². The lowest BCUT2D eigenvalue weighted by Gasteiger charge is -2.39. The van der Waals surface area contributed by atoms with E-state index in [-0.39, 0.29) is 18.2 Å². The van der Waals surface area contributed by atoms with Gasteiger partial charge in [0, 0.05) is 13.1 Å². The fourth-order valence-corrected chi connectivity index (χ4v) is 2.72. The van der Waals surface area contributed by atoms with Crippen LogP contribution in [0.15, 0.2) is 17.1 Å². The van der Waals surface area contributed by atoms with Gasteiger partial charge in [0.1, 0.15) is 23.3 Å². The van der Waals surface area contributed by atoms with Crippen LogP contribution in [0.2, 0.25) is 0 Å². The van der Waals surface area contributed by atoms with E-state index < -0.39 is 12.2 Å². The van der Waals surface area contributed by atoms with Crippen LogP contribution in [-0.4, -0.2) is 43.1 Å². The summed E-state index contributed by atoms with van der Waals surface area (Å²) >= 11 is 0. The number of alkyl halides is 2. The van der Waals surface area contributed by atoms with Gasteiger partial charge in [0.2, 0.25) is 0 Å². The zero-order chi connectivity index (χ0) is 16.0. The topological polar surface area (TPSA) is 104 Å². The van der Waals surface area contributed by atoms with E-state index in [2.05, 4.69) is 24.9 Å². The van der Waals surface area contributed by atoms with Crippen LogP contribution in [0.1, 0.15) is 29.6 Å². The third-order valence-corrected chi connectivity index (χ3v) is 3.87. The number of hydrogen-bond donors (Lipinski definition) is 2. The highest BCUT2D eigenvalue weighted by molar-refractivity contribution is 5.83. The number of fused-ring (bicyclic) bond motifs is 1. The van der Waals surface area contributed by atoms with Gasteiger partial charge in [-0.2, -0.15) is 0 Å². The van der Waals surface area contributed by atoms with Gasteiger partial charge in [0.05, 0.1) is 12.5 Å². The number of aliphatic hydroxyl groups is 1. The lowest BCUT2D eigenvalue weighted by molar-refractivity contribution is 0.142. The molecule has 23 heavy (non-hydrogen) atoms. The maximum absolute atomic E-state index is 12.8. The Morgan fingerprint density at radius 1 is 1.35 bits per heavy atom. The van der Waals surface area contributed by atoms with Crippen molar-refractivity contribution >= 4 is 17.0 Å². The van der Waals surface area contributed by atoms with E-state index in [1.54, 1.807) is 0 Å². The van der Waals surface area contributed by atoms with E-state index >= 15 is 0 Å². The van der Waals surface area contributed by atoms with Crippen molar-refractivity contribution in [2.24, 2.45) is 0 Å². The molecule has 1 fully saturated rings. The maximum atomic E-state index is 12.8. The van der Waals surface area contributed by atoms with E-state index in [0.29, 0.717) is 35.9 Å². The number of halogens is 2. The summed E-state index contributed by atoms with van der Waals surface area (Å²) in [6.07, 6.45) is -0.0900. The molecule has 4 rings (SSSR count). The summed E-state index contributed by atoms with van der Waals surface area (Å²) in [5.74, 6) is 0.821. The summed E-state index contributed by atoms with van der Waals surface area (Å²) in [6, 6.07) is 0. The van der Waals surface area contributed by atoms with Gasteiger partial charge in [-0.05, 0) is 0 Å². The summed E-state index contributed by atoms with van der Waals surface area (Å²) in [6.45, 7) is 0.979. The zero-order valence-electron chi connectivity index (χ0n) is 11.8. The Labute approximate surface area is 128 Å². The molecule has 0 unspecified atom stereocenters. The number of rotatable bonds is 4. The third-order valence-electron chi connectivity index (χ3n) is 3.87. The molecule has 10 heteroatoms. The molecule has 1 saturated heterocycles. The van der Waals surface area contributed by atoms with Crippen LogP contribution in [0.5, 0.6) is 0 Å². The Bertz CT molecular complexity index is 842. The quantitative estimate of drug-likeness (QED) is 0.747. The number of aromatic amines is 1. The van der Waals surface area contributed by atoms with Crippen molar-refractivity contribution in [3.63, 3.8) is 0 Å². The van der Waals surface area contributed by atoms with Crippen LogP contribution in [0.3, 0.4) is 0 Å². The third kappa shape index (κ3) is 2.22. The molecule has 0 amide bonds. The van der Waals surface area contributed by atoms with E-state index in [1.165, 1.54) is 12.7 Å². The molecule has 2 N–H and O–H groups in total. The first-order valence-electron chi connectivity index (χ1n) is 6.94. The molecule has 8 nitrogen and oxygen atoms in total. The van der Waals surface area contributed by atoms with Crippen LogP contribution in [0.4, 0.5) is 14.6 Å². The van der Waals surface area contributed by atoms with Crippen molar-refractivity contribution in [1.29, 1.82) is 0 Å². The Morgan fingerprint density at radius 3 is 2.91 bits per heavy atom. The van der Waals surface area contributed by atoms with Crippen molar-refractivity contribution in [2.45, 2.75) is 19.0 Å². The molecule has 0 radical (unpaired) electrons. The monoisotopic (exact) mass is 322 g/mol. The minimum atomic E-state index is -2.69. The minimum absolute atomic E-state index is 0.0714. The number of imidazole rings is 1. The first-order chi connectivity index (χ1) is 11.2.